The number of halogens is 1. The molecule has 1 N–H and O–H groups in total. The van der Waals surface area contributed by atoms with Crippen molar-refractivity contribution in [3.8, 4) is 16.1 Å². The number of benzene rings is 5. The van der Waals surface area contributed by atoms with E-state index in [1.54, 1.807) is 16.2 Å². The zero-order chi connectivity index (χ0) is 51.4. The molecule has 74 heavy (non-hydrogen) atoms. The number of fused-ring (bicyclic) bond motifs is 7. The molecule has 0 unspecified atom stereocenters. The molecule has 0 saturated heterocycles. The third-order valence-electron chi connectivity index (χ3n) is 13.0. The van der Waals surface area contributed by atoms with Crippen LogP contribution in [0.1, 0.15) is 67.1 Å². The number of rotatable bonds is 20. The molecule has 5 aromatic carbocycles. The number of nitrogens with zero attached hydrogens (tertiary/aromatic N) is 5. The second kappa shape index (κ2) is 25.1. The summed E-state index contributed by atoms with van der Waals surface area (Å²) < 4.78 is 31.3. The van der Waals surface area contributed by atoms with Gasteiger partial charge in [0.2, 0.25) is 5.91 Å². The van der Waals surface area contributed by atoms with Crippen molar-refractivity contribution in [3.05, 3.63) is 194 Å². The molecular formula is C58H59ClN6O7S2. The van der Waals surface area contributed by atoms with Crippen LogP contribution in [0.3, 0.4) is 0 Å². The van der Waals surface area contributed by atoms with Gasteiger partial charge in [-0.1, -0.05) is 115 Å². The Morgan fingerprint density at radius 3 is 2.19 bits per heavy atom. The first-order chi connectivity index (χ1) is 36.1. The van der Waals surface area contributed by atoms with E-state index in [-0.39, 0.29) is 24.2 Å². The molecule has 0 radical (unpaired) electrons. The minimum atomic E-state index is -0.399. The van der Waals surface area contributed by atoms with E-state index in [0.717, 1.165) is 55.2 Å². The number of nitrogens with one attached hydrogen (secondary N) is 1. The fourth-order valence-electron chi connectivity index (χ4n) is 9.18. The number of amides is 2. The molecule has 1 aliphatic heterocycles. The number of hydrogen-bond donors (Lipinski definition) is 2. The molecule has 3 aromatic heterocycles. The molecule has 0 spiro atoms. The van der Waals surface area contributed by atoms with Gasteiger partial charge in [0.05, 0.1) is 51.1 Å². The minimum Gasteiger partial charge on any atom is -0.461 e. The van der Waals surface area contributed by atoms with E-state index in [1.165, 1.54) is 43.8 Å². The number of carbonyl (C=O) groups excluding carboxylic acids is 2. The highest BCUT2D eigenvalue weighted by molar-refractivity contribution is 7.81. The van der Waals surface area contributed by atoms with Crippen LogP contribution in [0.2, 0.25) is 5.02 Å². The van der Waals surface area contributed by atoms with Crippen molar-refractivity contribution in [3.63, 3.8) is 0 Å². The van der Waals surface area contributed by atoms with Gasteiger partial charge in [0.25, 0.3) is 0 Å². The summed E-state index contributed by atoms with van der Waals surface area (Å²) >= 11 is 11.7. The Hall–Kier alpha value is -6.59. The molecular weight excluding hydrogens is 992 g/mol. The lowest BCUT2D eigenvalue weighted by Gasteiger charge is -2.24. The van der Waals surface area contributed by atoms with Gasteiger partial charge in [0.15, 0.2) is 5.82 Å². The lowest BCUT2D eigenvalue weighted by atomic mass is 9.98. The Balaban J connectivity index is 0.000000241. The largest absolute Gasteiger partial charge is 0.461 e. The fraction of sp³-hybridized carbons (Fsp3) is 0.293. The van der Waals surface area contributed by atoms with Crippen molar-refractivity contribution in [1.29, 1.82) is 0 Å². The van der Waals surface area contributed by atoms with Gasteiger partial charge in [-0.25, -0.2) is 4.79 Å². The van der Waals surface area contributed by atoms with Gasteiger partial charge in [-0.15, -0.1) is 21.5 Å². The van der Waals surface area contributed by atoms with Gasteiger partial charge >= 0.3 is 6.09 Å². The van der Waals surface area contributed by atoms with Gasteiger partial charge in [-0.05, 0) is 84.0 Å². The monoisotopic (exact) mass is 1050 g/mol. The summed E-state index contributed by atoms with van der Waals surface area (Å²) in [4.78, 5) is 32.7. The van der Waals surface area contributed by atoms with Crippen molar-refractivity contribution in [1.82, 2.24) is 25.0 Å². The summed E-state index contributed by atoms with van der Waals surface area (Å²) in [5.41, 5.74) is 12.1. The molecule has 16 heteroatoms. The Morgan fingerprint density at radius 1 is 0.797 bits per heavy atom. The summed E-state index contributed by atoms with van der Waals surface area (Å²) in [6, 6.07) is 42.9. The van der Waals surface area contributed by atoms with E-state index < -0.39 is 6.09 Å². The van der Waals surface area contributed by atoms with Crippen molar-refractivity contribution in [2.45, 2.75) is 46.2 Å². The topological polar surface area (TPSA) is 143 Å². The molecule has 8 aromatic rings. The van der Waals surface area contributed by atoms with Crippen LogP contribution >= 0.6 is 35.6 Å². The van der Waals surface area contributed by atoms with Crippen molar-refractivity contribution < 1.29 is 33.0 Å². The van der Waals surface area contributed by atoms with Gasteiger partial charge in [0, 0.05) is 58.4 Å². The van der Waals surface area contributed by atoms with E-state index >= 15 is 0 Å². The number of ether oxygens (including phenoxy) is 4. The normalized spacial score (nSPS) is 12.5. The van der Waals surface area contributed by atoms with Crippen LogP contribution in [0, 0.1) is 20.8 Å². The molecule has 10 rings (SSSR count). The van der Waals surface area contributed by atoms with Crippen LogP contribution in [-0.4, -0.2) is 102 Å². The number of aromatic nitrogens is 3. The van der Waals surface area contributed by atoms with Crippen molar-refractivity contribution in [2.24, 2.45) is 4.99 Å². The first-order valence-corrected chi connectivity index (χ1v) is 26.6. The summed E-state index contributed by atoms with van der Waals surface area (Å²) in [6.07, 6.45) is 0.310. The zero-order valence-corrected chi connectivity index (χ0v) is 44.2. The quantitative estimate of drug-likeness (QED) is 0.0563. The van der Waals surface area contributed by atoms with Crippen molar-refractivity contribution in [2.75, 3.05) is 65.1 Å². The van der Waals surface area contributed by atoms with Crippen LogP contribution in [0.5, 0.6) is 0 Å². The Morgan fingerprint density at radius 2 is 1.47 bits per heavy atom. The first kappa shape index (κ1) is 52.3. The second-order valence-corrected chi connectivity index (χ2v) is 19.9. The predicted molar refractivity (Wildman–Crippen MR) is 295 cm³/mol. The Bertz CT molecular complexity index is 3180. The van der Waals surface area contributed by atoms with Crippen LogP contribution in [-0.2, 0) is 43.3 Å². The fourth-order valence-corrected chi connectivity index (χ4v) is 10.6. The van der Waals surface area contributed by atoms with E-state index in [0.29, 0.717) is 72.2 Å². The number of furan rings is 1. The second-order valence-electron chi connectivity index (χ2n) is 18.0. The lowest BCUT2D eigenvalue weighted by Crippen LogP contribution is -2.35. The summed E-state index contributed by atoms with van der Waals surface area (Å²) in [7, 11) is 0. The van der Waals surface area contributed by atoms with Crippen molar-refractivity contribution >= 4 is 64.2 Å². The lowest BCUT2D eigenvalue weighted by molar-refractivity contribution is -0.118. The maximum atomic E-state index is 13.7. The molecule has 4 heterocycles. The highest BCUT2D eigenvalue weighted by atomic mass is 35.5. The van der Waals surface area contributed by atoms with Gasteiger partial charge < -0.3 is 33.6 Å². The van der Waals surface area contributed by atoms with E-state index in [2.05, 4.69) is 89.0 Å². The predicted octanol–water partition coefficient (Wildman–Crippen LogP) is 11.1. The van der Waals surface area contributed by atoms with Gasteiger partial charge in [-0.3, -0.25) is 14.4 Å². The highest BCUT2D eigenvalue weighted by Crippen LogP contribution is 2.44. The number of aliphatic imine (C=N–C) groups is 1. The van der Waals surface area contributed by atoms with Crippen LogP contribution in [0.15, 0.2) is 137 Å². The average Bonchev–Trinajstić information content (AvgIpc) is 4.14. The molecule has 0 fully saturated rings. The smallest absolute Gasteiger partial charge is 0.410 e. The molecule has 1 aliphatic carbocycles. The van der Waals surface area contributed by atoms with Gasteiger partial charge in [0.1, 0.15) is 35.3 Å². The van der Waals surface area contributed by atoms with E-state index in [9.17, 15) is 9.59 Å². The maximum absolute atomic E-state index is 13.7. The number of aryl methyl sites for hydroxylation is 2. The Kier molecular flexibility index (Phi) is 17.7. The molecule has 13 nitrogen and oxygen atoms in total. The summed E-state index contributed by atoms with van der Waals surface area (Å²) in [5, 5.41) is 14.1. The van der Waals surface area contributed by atoms with E-state index in [4.69, 9.17) is 40.0 Å². The average molecular weight is 1050 g/mol. The number of hydrogen-bond acceptors (Lipinski definition) is 12. The maximum Gasteiger partial charge on any atom is 0.410 e. The third kappa shape index (κ3) is 12.7. The van der Waals surface area contributed by atoms with Crippen LogP contribution in [0.4, 0.5) is 4.79 Å². The molecule has 382 valence electrons. The SMILES string of the molecule is Cc1sc2c(c1C)C(c1ccc(Cl)cc1)=NCc1nnc(C)n1-2.O=C(CS)NCCOCCOCCOCCN(Cc1ccc2cc(Cc3ccccc3)oc2c1)C(=O)OCC1c2ccccc2-c2ccccc21. The number of carbonyl (C=O) groups is 2. The first-order valence-electron chi connectivity index (χ1n) is 24.7. The number of thiophene rings is 1. The third-order valence-corrected chi connectivity index (χ3v) is 14.7. The van der Waals surface area contributed by atoms with Gasteiger partial charge in [-0.2, -0.15) is 12.6 Å². The molecule has 2 aliphatic rings. The highest BCUT2D eigenvalue weighted by Gasteiger charge is 2.30. The number of thiol groups is 1. The Labute approximate surface area is 445 Å². The van der Waals surface area contributed by atoms with Crippen LogP contribution < -0.4 is 5.32 Å². The molecule has 0 saturated carbocycles. The standard InChI is InChI=1S/C41H44N2O7S.C17H15ClN4S/c44-40(29-51)42-16-18-46-20-22-48-23-21-47-19-17-43(27-31-14-15-32-26-33(50-39(32)25-31)24-30-8-2-1-3-9-30)41(45)49-28-38-36-12-6-4-10-34(36)35-11-5-7-13-37(35)38;1-9-10(2)23-17-15(9)16(12-4-6-13(18)7-5-12)19-8-14-21-20-11(3)22(14)17/h1-15,25-26,38,51H,16-24,27-29H2,(H,42,44);4-7H,8H2,1-3H3. The minimum absolute atomic E-state index is 0.0325. The molecule has 0 atom stereocenters. The molecule has 0 bridgehead atoms. The summed E-state index contributed by atoms with van der Waals surface area (Å²) in [6.45, 7) is 10.5. The molecule has 2 amide bonds. The van der Waals surface area contributed by atoms with E-state index in [1.807, 2.05) is 91.9 Å². The van der Waals surface area contributed by atoms with Crippen LogP contribution in [0.25, 0.3) is 27.1 Å². The summed E-state index contributed by atoms with van der Waals surface area (Å²) in [5.74, 6) is 2.67. The zero-order valence-electron chi connectivity index (χ0n) is 41.7.